The third kappa shape index (κ3) is 2.99. The maximum atomic E-state index is 11.2. The Morgan fingerprint density at radius 2 is 1.79 bits per heavy atom. The molecule has 0 heterocycles. The number of carbonyl (C=O) groups is 2. The second-order valence-electron chi connectivity index (χ2n) is 3.17. The summed E-state index contributed by atoms with van der Waals surface area (Å²) in [6.45, 7) is 3.63. The molecular weight excluding hydrogens is 184 g/mol. The third-order valence-corrected chi connectivity index (χ3v) is 2.33. The van der Waals surface area contributed by atoms with E-state index in [9.17, 15) is 9.59 Å². The van der Waals surface area contributed by atoms with Gasteiger partial charge < -0.3 is 15.7 Å². The fraction of sp³-hybridized carbons (Fsp3) is 0.778. The fourth-order valence-electron chi connectivity index (χ4n) is 1.25. The average Bonchev–Trinajstić information content (AvgIpc) is 2.14. The SMILES string of the molecule is CCC(CC)(NC(=O)CNC)C(=O)O. The number of carboxylic acid groups (broad SMARTS) is 1. The zero-order valence-electron chi connectivity index (χ0n) is 8.89. The van der Waals surface area contributed by atoms with Crippen LogP contribution >= 0.6 is 0 Å². The first-order valence-corrected chi connectivity index (χ1v) is 4.71. The lowest BCUT2D eigenvalue weighted by molar-refractivity contribution is -0.147. The van der Waals surface area contributed by atoms with E-state index < -0.39 is 11.5 Å². The van der Waals surface area contributed by atoms with Crippen molar-refractivity contribution in [2.45, 2.75) is 32.2 Å². The maximum Gasteiger partial charge on any atom is 0.329 e. The monoisotopic (exact) mass is 202 g/mol. The van der Waals surface area contributed by atoms with Gasteiger partial charge in [0, 0.05) is 0 Å². The van der Waals surface area contributed by atoms with Crippen LogP contribution in [0.2, 0.25) is 0 Å². The van der Waals surface area contributed by atoms with Gasteiger partial charge >= 0.3 is 5.97 Å². The van der Waals surface area contributed by atoms with Gasteiger partial charge in [0.25, 0.3) is 0 Å². The number of hydrogen-bond donors (Lipinski definition) is 3. The summed E-state index contributed by atoms with van der Waals surface area (Å²) in [6.07, 6.45) is 0.766. The van der Waals surface area contributed by atoms with E-state index in [0.29, 0.717) is 12.8 Å². The van der Waals surface area contributed by atoms with Gasteiger partial charge in [-0.05, 0) is 19.9 Å². The van der Waals surface area contributed by atoms with Crippen molar-refractivity contribution in [3.05, 3.63) is 0 Å². The van der Waals surface area contributed by atoms with Crippen LogP contribution in [0.25, 0.3) is 0 Å². The van der Waals surface area contributed by atoms with Crippen LogP contribution in [0, 0.1) is 0 Å². The quantitative estimate of drug-likeness (QED) is 0.565. The first-order valence-electron chi connectivity index (χ1n) is 4.71. The van der Waals surface area contributed by atoms with Gasteiger partial charge in [-0.3, -0.25) is 4.79 Å². The second-order valence-corrected chi connectivity index (χ2v) is 3.17. The van der Waals surface area contributed by atoms with Crippen LogP contribution in [0.15, 0.2) is 0 Å². The van der Waals surface area contributed by atoms with Crippen molar-refractivity contribution in [2.75, 3.05) is 13.6 Å². The Labute approximate surface area is 83.9 Å². The standard InChI is InChI=1S/C9H18N2O3/c1-4-9(5-2,8(13)14)11-7(12)6-10-3/h10H,4-6H2,1-3H3,(H,11,12)(H,13,14). The van der Waals surface area contributed by atoms with Gasteiger partial charge in [0.2, 0.25) is 5.91 Å². The Balaban J connectivity index is 4.51. The lowest BCUT2D eigenvalue weighted by Gasteiger charge is -2.27. The van der Waals surface area contributed by atoms with E-state index in [1.54, 1.807) is 20.9 Å². The molecule has 5 nitrogen and oxygen atoms in total. The van der Waals surface area contributed by atoms with Gasteiger partial charge in [0.1, 0.15) is 5.54 Å². The van der Waals surface area contributed by atoms with Gasteiger partial charge in [-0.15, -0.1) is 0 Å². The highest BCUT2D eigenvalue weighted by atomic mass is 16.4. The minimum atomic E-state index is -1.12. The number of carbonyl (C=O) groups excluding carboxylic acids is 1. The van der Waals surface area contributed by atoms with E-state index >= 15 is 0 Å². The van der Waals surface area contributed by atoms with Crippen LogP contribution < -0.4 is 10.6 Å². The summed E-state index contributed by atoms with van der Waals surface area (Å²) in [5.41, 5.74) is -1.12. The first kappa shape index (κ1) is 12.9. The van der Waals surface area contributed by atoms with E-state index in [0.717, 1.165) is 0 Å². The summed E-state index contributed by atoms with van der Waals surface area (Å²) in [6, 6.07) is 0. The molecule has 14 heavy (non-hydrogen) atoms. The van der Waals surface area contributed by atoms with Crippen molar-refractivity contribution in [3.8, 4) is 0 Å². The molecule has 1 amide bonds. The summed E-state index contributed by atoms with van der Waals surface area (Å²) >= 11 is 0. The molecule has 0 radical (unpaired) electrons. The molecule has 0 saturated carbocycles. The molecule has 5 heteroatoms. The zero-order chi connectivity index (χ0) is 11.2. The smallest absolute Gasteiger partial charge is 0.329 e. The van der Waals surface area contributed by atoms with E-state index in [-0.39, 0.29) is 12.5 Å². The number of amides is 1. The van der Waals surface area contributed by atoms with E-state index in [1.807, 2.05) is 0 Å². The summed E-state index contributed by atoms with van der Waals surface area (Å²) in [4.78, 5) is 22.2. The largest absolute Gasteiger partial charge is 0.480 e. The predicted molar refractivity (Wildman–Crippen MR) is 53.0 cm³/mol. The third-order valence-electron chi connectivity index (χ3n) is 2.33. The number of rotatable bonds is 6. The van der Waals surface area contributed by atoms with Crippen LogP contribution in [0.1, 0.15) is 26.7 Å². The van der Waals surface area contributed by atoms with Crippen LogP contribution in [0.3, 0.4) is 0 Å². The molecule has 0 fully saturated rings. The number of hydrogen-bond acceptors (Lipinski definition) is 3. The van der Waals surface area contributed by atoms with Crippen molar-refractivity contribution in [3.63, 3.8) is 0 Å². The van der Waals surface area contributed by atoms with Gasteiger partial charge in [-0.25, -0.2) is 4.79 Å². The molecule has 0 aliphatic heterocycles. The highest BCUT2D eigenvalue weighted by Gasteiger charge is 2.35. The molecule has 0 saturated heterocycles. The van der Waals surface area contributed by atoms with Gasteiger partial charge in [0.15, 0.2) is 0 Å². The highest BCUT2D eigenvalue weighted by Crippen LogP contribution is 2.14. The molecule has 0 atom stereocenters. The van der Waals surface area contributed by atoms with E-state index in [1.165, 1.54) is 0 Å². The van der Waals surface area contributed by atoms with Crippen LogP contribution in [0.4, 0.5) is 0 Å². The van der Waals surface area contributed by atoms with Crippen LogP contribution in [-0.4, -0.2) is 36.1 Å². The minimum Gasteiger partial charge on any atom is -0.480 e. The Bertz CT molecular complexity index is 212. The van der Waals surface area contributed by atoms with Gasteiger partial charge in [-0.2, -0.15) is 0 Å². The van der Waals surface area contributed by atoms with Crippen molar-refractivity contribution >= 4 is 11.9 Å². The second kappa shape index (κ2) is 5.59. The molecule has 82 valence electrons. The van der Waals surface area contributed by atoms with E-state index in [4.69, 9.17) is 5.11 Å². The van der Waals surface area contributed by atoms with Crippen molar-refractivity contribution in [1.82, 2.24) is 10.6 Å². The first-order chi connectivity index (χ1) is 6.52. The van der Waals surface area contributed by atoms with Crippen LogP contribution in [-0.2, 0) is 9.59 Å². The molecular formula is C9H18N2O3. The predicted octanol–water partition coefficient (Wildman–Crippen LogP) is -0.0346. The Kier molecular flexibility index (Phi) is 5.15. The molecule has 0 unspecified atom stereocenters. The fourth-order valence-corrected chi connectivity index (χ4v) is 1.25. The molecule has 0 spiro atoms. The topological polar surface area (TPSA) is 78.4 Å². The van der Waals surface area contributed by atoms with Crippen molar-refractivity contribution in [1.29, 1.82) is 0 Å². The Morgan fingerprint density at radius 3 is 2.07 bits per heavy atom. The molecule has 0 aromatic carbocycles. The van der Waals surface area contributed by atoms with Gasteiger partial charge in [-0.1, -0.05) is 13.8 Å². The van der Waals surface area contributed by atoms with Gasteiger partial charge in [0.05, 0.1) is 6.54 Å². The number of carboxylic acids is 1. The number of aliphatic carboxylic acids is 1. The Morgan fingerprint density at radius 1 is 1.29 bits per heavy atom. The summed E-state index contributed by atoms with van der Waals surface area (Å²) in [7, 11) is 1.64. The minimum absolute atomic E-state index is 0.134. The maximum absolute atomic E-state index is 11.2. The zero-order valence-corrected chi connectivity index (χ0v) is 8.89. The summed E-state index contributed by atoms with van der Waals surface area (Å²) < 4.78 is 0. The summed E-state index contributed by atoms with van der Waals surface area (Å²) in [5.74, 6) is -1.27. The molecule has 0 aromatic heterocycles. The normalized spacial score (nSPS) is 11.1. The van der Waals surface area contributed by atoms with E-state index in [2.05, 4.69) is 10.6 Å². The Hall–Kier alpha value is -1.10. The molecule has 0 aliphatic rings. The molecule has 0 aromatic rings. The average molecular weight is 202 g/mol. The molecule has 0 rings (SSSR count). The lowest BCUT2D eigenvalue weighted by Crippen LogP contribution is -2.55. The molecule has 0 bridgehead atoms. The molecule has 3 N–H and O–H groups in total. The summed E-state index contributed by atoms with van der Waals surface area (Å²) in [5, 5.41) is 14.2. The lowest BCUT2D eigenvalue weighted by atomic mass is 9.93. The van der Waals surface area contributed by atoms with Crippen LogP contribution in [0.5, 0.6) is 0 Å². The number of likely N-dealkylation sites (N-methyl/N-ethyl adjacent to an activating group) is 1. The highest BCUT2D eigenvalue weighted by molar-refractivity contribution is 5.87. The molecule has 0 aliphatic carbocycles. The van der Waals surface area contributed by atoms with Crippen molar-refractivity contribution in [2.24, 2.45) is 0 Å². The van der Waals surface area contributed by atoms with Crippen molar-refractivity contribution < 1.29 is 14.7 Å². The number of nitrogens with one attached hydrogen (secondary N) is 2.